The summed E-state index contributed by atoms with van der Waals surface area (Å²) in [5.74, 6) is 1.61. The molecule has 3 atom stereocenters. The number of hydrogen-bond donors (Lipinski definition) is 1. The molecule has 0 saturated heterocycles. The van der Waals surface area contributed by atoms with Crippen LogP contribution in [0.1, 0.15) is 25.7 Å². The van der Waals surface area contributed by atoms with Crippen molar-refractivity contribution in [2.24, 2.45) is 11.8 Å². The number of rotatable bonds is 0. The van der Waals surface area contributed by atoms with E-state index in [9.17, 15) is 5.11 Å². The van der Waals surface area contributed by atoms with Crippen LogP contribution in [-0.2, 0) is 0 Å². The minimum Gasteiger partial charge on any atom is -0.389 e. The van der Waals surface area contributed by atoms with Gasteiger partial charge in [0.25, 0.3) is 0 Å². The summed E-state index contributed by atoms with van der Waals surface area (Å²) in [7, 11) is 0. The molecule has 1 heteroatoms. The van der Waals surface area contributed by atoms with Crippen LogP contribution >= 0.6 is 0 Å². The molecular weight excluding hydrogens is 124 g/mol. The van der Waals surface area contributed by atoms with Crippen LogP contribution in [0.5, 0.6) is 0 Å². The van der Waals surface area contributed by atoms with Crippen LogP contribution in [0, 0.1) is 11.8 Å². The summed E-state index contributed by atoms with van der Waals surface area (Å²) in [6.07, 6.45) is 9.12. The summed E-state index contributed by atoms with van der Waals surface area (Å²) in [4.78, 5) is 0. The molecular formula is C9H14O. The van der Waals surface area contributed by atoms with Gasteiger partial charge in [0.2, 0.25) is 0 Å². The Labute approximate surface area is 61.8 Å². The summed E-state index contributed by atoms with van der Waals surface area (Å²) in [6.45, 7) is 0. The second-order valence-electron chi connectivity index (χ2n) is 3.54. The van der Waals surface area contributed by atoms with Gasteiger partial charge in [-0.1, -0.05) is 18.6 Å². The van der Waals surface area contributed by atoms with E-state index in [0.717, 1.165) is 18.3 Å². The van der Waals surface area contributed by atoms with E-state index in [1.54, 1.807) is 0 Å². The van der Waals surface area contributed by atoms with Crippen LogP contribution in [0.4, 0.5) is 0 Å². The lowest BCUT2D eigenvalue weighted by Gasteiger charge is -2.22. The van der Waals surface area contributed by atoms with Crippen molar-refractivity contribution in [2.75, 3.05) is 0 Å². The van der Waals surface area contributed by atoms with E-state index in [1.165, 1.54) is 19.3 Å². The average Bonchev–Trinajstić information content (AvgIpc) is 2.33. The summed E-state index contributed by atoms with van der Waals surface area (Å²) >= 11 is 0. The molecule has 0 aromatic carbocycles. The summed E-state index contributed by atoms with van der Waals surface area (Å²) in [5, 5.41) is 9.27. The first-order valence-electron chi connectivity index (χ1n) is 4.22. The molecule has 1 saturated carbocycles. The van der Waals surface area contributed by atoms with Crippen molar-refractivity contribution in [2.45, 2.75) is 31.8 Å². The molecule has 0 aromatic rings. The van der Waals surface area contributed by atoms with Crippen LogP contribution in [0.25, 0.3) is 0 Å². The second kappa shape index (κ2) is 2.39. The first kappa shape index (κ1) is 6.41. The standard InChI is InChI=1S/C9H14O/c10-9-5-4-7-2-1-3-8(7)6-9/h4-5,7-10H,1-3,6H2/t7-,8-,9?/m1/s1. The van der Waals surface area contributed by atoms with Gasteiger partial charge in [-0.25, -0.2) is 0 Å². The largest absolute Gasteiger partial charge is 0.389 e. The van der Waals surface area contributed by atoms with E-state index in [-0.39, 0.29) is 6.10 Å². The molecule has 1 unspecified atom stereocenters. The first-order valence-corrected chi connectivity index (χ1v) is 4.22. The Bertz CT molecular complexity index is 151. The van der Waals surface area contributed by atoms with Crippen LogP contribution in [0.3, 0.4) is 0 Å². The molecule has 10 heavy (non-hydrogen) atoms. The number of aliphatic hydroxyl groups excluding tert-OH is 1. The van der Waals surface area contributed by atoms with Crippen molar-refractivity contribution in [3.05, 3.63) is 12.2 Å². The third-order valence-electron chi connectivity index (χ3n) is 2.84. The molecule has 0 bridgehead atoms. The quantitative estimate of drug-likeness (QED) is 0.505. The summed E-state index contributed by atoms with van der Waals surface area (Å²) < 4.78 is 0. The van der Waals surface area contributed by atoms with Gasteiger partial charge in [-0.2, -0.15) is 0 Å². The van der Waals surface area contributed by atoms with Gasteiger partial charge in [0.05, 0.1) is 6.10 Å². The second-order valence-corrected chi connectivity index (χ2v) is 3.54. The lowest BCUT2D eigenvalue weighted by molar-refractivity contribution is 0.168. The van der Waals surface area contributed by atoms with Gasteiger partial charge in [0, 0.05) is 0 Å². The lowest BCUT2D eigenvalue weighted by Crippen LogP contribution is -2.18. The van der Waals surface area contributed by atoms with E-state index < -0.39 is 0 Å². The number of hydrogen-bond acceptors (Lipinski definition) is 1. The van der Waals surface area contributed by atoms with Crippen molar-refractivity contribution in [3.8, 4) is 0 Å². The maximum atomic E-state index is 9.27. The van der Waals surface area contributed by atoms with E-state index in [1.807, 2.05) is 6.08 Å². The van der Waals surface area contributed by atoms with Gasteiger partial charge in [0.15, 0.2) is 0 Å². The highest BCUT2D eigenvalue weighted by atomic mass is 16.3. The van der Waals surface area contributed by atoms with Gasteiger partial charge >= 0.3 is 0 Å². The molecule has 0 radical (unpaired) electrons. The van der Waals surface area contributed by atoms with E-state index in [2.05, 4.69) is 6.08 Å². The molecule has 2 aliphatic carbocycles. The highest BCUT2D eigenvalue weighted by Gasteiger charge is 2.29. The minimum absolute atomic E-state index is 0.139. The summed E-state index contributed by atoms with van der Waals surface area (Å²) in [5.41, 5.74) is 0. The highest BCUT2D eigenvalue weighted by molar-refractivity contribution is 5.03. The minimum atomic E-state index is -0.139. The Morgan fingerprint density at radius 2 is 2.10 bits per heavy atom. The Morgan fingerprint density at radius 1 is 1.20 bits per heavy atom. The summed E-state index contributed by atoms with van der Waals surface area (Å²) in [6, 6.07) is 0. The molecule has 1 N–H and O–H groups in total. The first-order chi connectivity index (χ1) is 4.86. The fourth-order valence-electron chi connectivity index (χ4n) is 2.27. The molecule has 0 aliphatic heterocycles. The predicted octanol–water partition coefficient (Wildman–Crippen LogP) is 1.72. The maximum absolute atomic E-state index is 9.27. The Hall–Kier alpha value is -0.300. The van der Waals surface area contributed by atoms with Crippen molar-refractivity contribution in [3.63, 3.8) is 0 Å². The van der Waals surface area contributed by atoms with Gasteiger partial charge in [-0.05, 0) is 31.1 Å². The molecule has 2 aliphatic rings. The third-order valence-corrected chi connectivity index (χ3v) is 2.84. The van der Waals surface area contributed by atoms with Crippen molar-refractivity contribution in [1.82, 2.24) is 0 Å². The zero-order chi connectivity index (χ0) is 6.97. The molecule has 1 nitrogen and oxygen atoms in total. The van der Waals surface area contributed by atoms with Gasteiger partial charge < -0.3 is 5.11 Å². The molecule has 0 spiro atoms. The van der Waals surface area contributed by atoms with E-state index >= 15 is 0 Å². The number of allylic oxidation sites excluding steroid dienone is 1. The average molecular weight is 138 g/mol. The van der Waals surface area contributed by atoms with Gasteiger partial charge in [-0.15, -0.1) is 0 Å². The molecule has 2 rings (SSSR count). The zero-order valence-corrected chi connectivity index (χ0v) is 6.16. The topological polar surface area (TPSA) is 20.2 Å². The molecule has 1 fully saturated rings. The van der Waals surface area contributed by atoms with Crippen LogP contribution in [0.15, 0.2) is 12.2 Å². The third kappa shape index (κ3) is 0.988. The Morgan fingerprint density at radius 3 is 3.00 bits per heavy atom. The Balaban J connectivity index is 2.09. The van der Waals surface area contributed by atoms with Crippen LogP contribution in [-0.4, -0.2) is 11.2 Å². The molecule has 0 heterocycles. The monoisotopic (exact) mass is 138 g/mol. The number of aliphatic hydroxyl groups is 1. The van der Waals surface area contributed by atoms with Gasteiger partial charge in [-0.3, -0.25) is 0 Å². The van der Waals surface area contributed by atoms with Crippen molar-refractivity contribution < 1.29 is 5.11 Å². The fraction of sp³-hybridized carbons (Fsp3) is 0.778. The van der Waals surface area contributed by atoms with Crippen molar-refractivity contribution in [1.29, 1.82) is 0 Å². The molecule has 0 amide bonds. The normalized spacial score (nSPS) is 45.5. The smallest absolute Gasteiger partial charge is 0.0723 e. The molecule has 0 aromatic heterocycles. The zero-order valence-electron chi connectivity index (χ0n) is 6.16. The van der Waals surface area contributed by atoms with E-state index in [4.69, 9.17) is 0 Å². The van der Waals surface area contributed by atoms with E-state index in [0.29, 0.717) is 0 Å². The number of fused-ring (bicyclic) bond motifs is 1. The van der Waals surface area contributed by atoms with Gasteiger partial charge in [0.1, 0.15) is 0 Å². The highest BCUT2D eigenvalue weighted by Crippen LogP contribution is 2.38. The van der Waals surface area contributed by atoms with Crippen LogP contribution < -0.4 is 0 Å². The fourth-order valence-corrected chi connectivity index (χ4v) is 2.27. The maximum Gasteiger partial charge on any atom is 0.0723 e. The molecule has 56 valence electrons. The SMILES string of the molecule is OC1C=C[C@H]2CCC[C@@H]2C1. The lowest BCUT2D eigenvalue weighted by atomic mass is 9.86. The Kier molecular flexibility index (Phi) is 1.53. The van der Waals surface area contributed by atoms with Crippen LogP contribution in [0.2, 0.25) is 0 Å². The predicted molar refractivity (Wildman–Crippen MR) is 40.6 cm³/mol. The van der Waals surface area contributed by atoms with Crippen molar-refractivity contribution >= 4 is 0 Å².